The monoisotopic (exact) mass is 317 g/mol. The minimum atomic E-state index is -1.28. The molecule has 1 amide bonds. The number of amides is 1. The average Bonchev–Trinajstić information content (AvgIpc) is 2.41. The first-order chi connectivity index (χ1) is 9.47. The molecule has 0 saturated carbocycles. The highest BCUT2D eigenvalue weighted by Gasteiger charge is 2.13. The number of nitrogens with one attached hydrogen (secondary N) is 2. The fourth-order valence-corrected chi connectivity index (χ4v) is 2.29. The Morgan fingerprint density at radius 2 is 2.20 bits per heavy atom. The molecule has 7 nitrogen and oxygen atoms in total. The fraction of sp³-hybridized carbons (Fsp3) is 0.273. The first-order valence-electron chi connectivity index (χ1n) is 5.40. The molecule has 0 aliphatic carbocycles. The lowest BCUT2D eigenvalue weighted by atomic mass is 10.3. The lowest BCUT2D eigenvalue weighted by Crippen LogP contribution is -2.34. The van der Waals surface area contributed by atoms with E-state index in [-0.39, 0.29) is 11.1 Å². The third kappa shape index (κ3) is 4.85. The Morgan fingerprint density at radius 3 is 2.75 bits per heavy atom. The quantitative estimate of drug-likeness (QED) is 0.432. The second-order valence-corrected chi connectivity index (χ2v) is 5.38. The summed E-state index contributed by atoms with van der Waals surface area (Å²) >= 11 is 3.63. The van der Waals surface area contributed by atoms with E-state index >= 15 is 0 Å². The van der Waals surface area contributed by atoms with Gasteiger partial charge in [-0.1, -0.05) is 0 Å². The summed E-state index contributed by atoms with van der Waals surface area (Å²) in [5.41, 5.74) is 6.66. The molecule has 4 N–H and O–H groups in total. The van der Waals surface area contributed by atoms with E-state index in [1.54, 1.807) is 18.2 Å². The van der Waals surface area contributed by atoms with E-state index in [0.29, 0.717) is 16.3 Å². The van der Waals surface area contributed by atoms with Crippen LogP contribution in [0.2, 0.25) is 0 Å². The zero-order chi connectivity index (χ0) is 15.1. The smallest absolute Gasteiger partial charge is 0.413 e. The Hall–Kier alpha value is -1.55. The number of methoxy groups -OCH3 is 2. The Labute approximate surface area is 125 Å². The SMILES string of the molecule is COC[S+]([O-])c1ccc(NC(=S)NC(=O)OC)c(N)c1. The van der Waals surface area contributed by atoms with Crippen LogP contribution in [0.15, 0.2) is 23.1 Å². The number of hydrogen-bond donors (Lipinski definition) is 3. The maximum absolute atomic E-state index is 11.7. The van der Waals surface area contributed by atoms with Crippen molar-refractivity contribution in [1.82, 2.24) is 5.32 Å². The minimum absolute atomic E-state index is 0.0503. The summed E-state index contributed by atoms with van der Waals surface area (Å²) in [6.45, 7) is 0. The standard InChI is InChI=1S/C11H15N3O4S2/c1-17-6-20(16)7-3-4-9(8(12)5-7)13-10(19)14-11(15)18-2/h3-5H,6,12H2,1-2H3,(H2,13,14,15,19). The van der Waals surface area contributed by atoms with Crippen LogP contribution in [-0.2, 0) is 20.6 Å². The van der Waals surface area contributed by atoms with Gasteiger partial charge >= 0.3 is 6.09 Å². The molecule has 0 spiro atoms. The molecule has 0 radical (unpaired) electrons. The van der Waals surface area contributed by atoms with Gasteiger partial charge in [0.2, 0.25) is 5.94 Å². The minimum Gasteiger partial charge on any atom is -0.610 e. The number of thiocarbonyl (C=S) groups is 1. The van der Waals surface area contributed by atoms with Gasteiger partial charge in [0.05, 0.1) is 18.5 Å². The molecular formula is C11H15N3O4S2. The summed E-state index contributed by atoms with van der Waals surface area (Å²) in [7, 11) is 2.69. The van der Waals surface area contributed by atoms with Gasteiger partial charge in [0.15, 0.2) is 10.0 Å². The van der Waals surface area contributed by atoms with Gasteiger partial charge in [-0.2, -0.15) is 0 Å². The number of ether oxygens (including phenoxy) is 2. The highest BCUT2D eigenvalue weighted by atomic mass is 32.2. The number of nitrogens with two attached hydrogens (primary N) is 1. The molecule has 110 valence electrons. The summed E-state index contributed by atoms with van der Waals surface area (Å²) in [6.07, 6.45) is -0.682. The number of carbonyl (C=O) groups excluding carboxylic acids is 1. The van der Waals surface area contributed by atoms with Gasteiger partial charge in [-0.15, -0.1) is 0 Å². The van der Waals surface area contributed by atoms with Crippen molar-refractivity contribution in [1.29, 1.82) is 0 Å². The van der Waals surface area contributed by atoms with Gasteiger partial charge < -0.3 is 25.1 Å². The predicted octanol–water partition coefficient (Wildman–Crippen LogP) is 1.03. The third-order valence-electron chi connectivity index (χ3n) is 2.16. The van der Waals surface area contributed by atoms with E-state index in [1.807, 2.05) is 0 Å². The molecule has 0 saturated heterocycles. The first-order valence-corrected chi connectivity index (χ1v) is 7.13. The van der Waals surface area contributed by atoms with Crippen LogP contribution in [0.1, 0.15) is 0 Å². The van der Waals surface area contributed by atoms with Crippen molar-refractivity contribution in [2.45, 2.75) is 4.90 Å². The van der Waals surface area contributed by atoms with Gasteiger partial charge in [-0.25, -0.2) is 4.79 Å². The molecule has 1 rings (SSSR count). The molecular weight excluding hydrogens is 302 g/mol. The van der Waals surface area contributed by atoms with Crippen LogP contribution in [-0.4, -0.2) is 35.9 Å². The van der Waals surface area contributed by atoms with Crippen molar-refractivity contribution >= 4 is 46.0 Å². The average molecular weight is 317 g/mol. The molecule has 1 aromatic rings. The second-order valence-electron chi connectivity index (χ2n) is 3.57. The molecule has 1 unspecified atom stereocenters. The Bertz CT molecular complexity index is 499. The third-order valence-corrected chi connectivity index (χ3v) is 3.59. The summed E-state index contributed by atoms with van der Waals surface area (Å²) in [5.74, 6) is 0.0918. The molecule has 0 heterocycles. The predicted molar refractivity (Wildman–Crippen MR) is 80.9 cm³/mol. The molecule has 20 heavy (non-hydrogen) atoms. The molecule has 9 heteroatoms. The van der Waals surface area contributed by atoms with Crippen LogP contribution < -0.4 is 16.4 Å². The Balaban J connectivity index is 2.73. The molecule has 0 fully saturated rings. The summed E-state index contributed by atoms with van der Waals surface area (Å²) in [6, 6.07) is 4.80. The highest BCUT2D eigenvalue weighted by Crippen LogP contribution is 2.23. The molecule has 0 aliphatic heterocycles. The molecule has 0 aliphatic rings. The van der Waals surface area contributed by atoms with E-state index in [1.165, 1.54) is 14.2 Å². The fourth-order valence-electron chi connectivity index (χ4n) is 1.27. The maximum atomic E-state index is 11.7. The van der Waals surface area contributed by atoms with Crippen molar-refractivity contribution in [2.75, 3.05) is 31.2 Å². The zero-order valence-electron chi connectivity index (χ0n) is 11.0. The van der Waals surface area contributed by atoms with Crippen LogP contribution in [0.3, 0.4) is 0 Å². The number of rotatable bonds is 4. The van der Waals surface area contributed by atoms with E-state index in [2.05, 4.69) is 15.4 Å². The number of anilines is 2. The van der Waals surface area contributed by atoms with Gasteiger partial charge in [0.1, 0.15) is 0 Å². The van der Waals surface area contributed by atoms with Crippen LogP contribution in [0.5, 0.6) is 0 Å². The highest BCUT2D eigenvalue weighted by molar-refractivity contribution is 7.91. The Morgan fingerprint density at radius 1 is 1.50 bits per heavy atom. The van der Waals surface area contributed by atoms with Crippen molar-refractivity contribution in [3.63, 3.8) is 0 Å². The summed E-state index contributed by atoms with van der Waals surface area (Å²) < 4.78 is 20.9. The molecule has 0 bridgehead atoms. The van der Waals surface area contributed by atoms with Crippen molar-refractivity contribution in [3.8, 4) is 0 Å². The van der Waals surface area contributed by atoms with Crippen molar-refractivity contribution in [2.24, 2.45) is 0 Å². The van der Waals surface area contributed by atoms with E-state index < -0.39 is 17.3 Å². The van der Waals surface area contributed by atoms with Gasteiger partial charge in [0.25, 0.3) is 0 Å². The number of hydrogen-bond acceptors (Lipinski definition) is 6. The summed E-state index contributed by atoms with van der Waals surface area (Å²) in [4.78, 5) is 11.5. The zero-order valence-corrected chi connectivity index (χ0v) is 12.6. The lowest BCUT2D eigenvalue weighted by molar-refractivity contribution is 0.177. The number of benzene rings is 1. The largest absolute Gasteiger partial charge is 0.610 e. The van der Waals surface area contributed by atoms with E-state index in [0.717, 1.165) is 0 Å². The molecule has 1 aromatic carbocycles. The first kappa shape index (κ1) is 16.5. The van der Waals surface area contributed by atoms with Crippen LogP contribution in [0.25, 0.3) is 0 Å². The summed E-state index contributed by atoms with van der Waals surface area (Å²) in [5, 5.41) is 5.07. The van der Waals surface area contributed by atoms with Crippen molar-refractivity contribution in [3.05, 3.63) is 18.2 Å². The van der Waals surface area contributed by atoms with Gasteiger partial charge in [-0.05, 0) is 24.4 Å². The van der Waals surface area contributed by atoms with Crippen LogP contribution in [0, 0.1) is 0 Å². The molecule has 0 aromatic heterocycles. The molecule has 1 atom stereocenters. The van der Waals surface area contributed by atoms with Gasteiger partial charge in [0, 0.05) is 24.4 Å². The second kappa shape index (κ2) is 7.90. The maximum Gasteiger partial charge on any atom is 0.413 e. The van der Waals surface area contributed by atoms with Crippen LogP contribution >= 0.6 is 12.2 Å². The van der Waals surface area contributed by atoms with E-state index in [9.17, 15) is 9.35 Å². The number of carbonyl (C=O) groups is 1. The van der Waals surface area contributed by atoms with E-state index in [4.69, 9.17) is 22.7 Å². The van der Waals surface area contributed by atoms with Crippen LogP contribution in [0.4, 0.5) is 16.2 Å². The number of alkyl carbamates (subject to hydrolysis) is 1. The lowest BCUT2D eigenvalue weighted by Gasteiger charge is -2.13. The Kier molecular flexibility index (Phi) is 6.52. The topological polar surface area (TPSA) is 109 Å². The number of nitrogen functional groups attached to an aromatic ring is 1. The normalized spacial score (nSPS) is 11.6. The van der Waals surface area contributed by atoms with Gasteiger partial charge in [-0.3, -0.25) is 5.32 Å². The van der Waals surface area contributed by atoms with Crippen molar-refractivity contribution < 1.29 is 18.8 Å².